The molecule has 0 nitrogen and oxygen atoms in total. The van der Waals surface area contributed by atoms with Gasteiger partial charge in [-0.2, -0.15) is 0 Å². The zero-order chi connectivity index (χ0) is 5.28. The summed E-state index contributed by atoms with van der Waals surface area (Å²) in [5, 5.41) is 0. The Bertz CT molecular complexity index is 138. The van der Waals surface area contributed by atoms with Gasteiger partial charge in [-0.3, -0.25) is 0 Å². The van der Waals surface area contributed by atoms with Gasteiger partial charge in [0.15, 0.2) is 0 Å². The van der Waals surface area contributed by atoms with E-state index in [1.54, 1.807) is 0 Å². The van der Waals surface area contributed by atoms with E-state index in [0.29, 0.717) is 0 Å². The molecule has 9 heavy (non-hydrogen) atoms. The Kier molecular flexibility index (Phi) is 8.22. The van der Waals surface area contributed by atoms with E-state index in [2.05, 4.69) is 37.4 Å². The second kappa shape index (κ2) is 5.82. The van der Waals surface area contributed by atoms with E-state index in [0.717, 1.165) is 6.42 Å². The number of halogens is 2. The molecule has 1 aliphatic rings. The van der Waals surface area contributed by atoms with Gasteiger partial charge in [0.05, 0.1) is 0 Å². The first-order chi connectivity index (χ1) is 3.30. The fraction of sp³-hybridized carbons (Fsp3) is 0.333. The van der Waals surface area contributed by atoms with Crippen LogP contribution in [0, 0.1) is 0 Å². The van der Waals surface area contributed by atoms with Crippen molar-refractivity contribution in [3.8, 4) is 0 Å². The molecular formula is C6H7Br2Rh. The predicted octanol–water partition coefficient (Wildman–Crippen LogP) is -4.22. The minimum Gasteiger partial charge on any atom is -1.00 e. The van der Waals surface area contributed by atoms with E-state index in [1.807, 2.05) is 0 Å². The molecule has 1 rings (SSSR count). The zero-order valence-corrected chi connectivity index (χ0v) is 9.76. The van der Waals surface area contributed by atoms with E-state index < -0.39 is 0 Å². The van der Waals surface area contributed by atoms with Crippen LogP contribution in [-0.2, 0) is 18.3 Å². The van der Waals surface area contributed by atoms with Crippen LogP contribution in [0.25, 0.3) is 0 Å². The average Bonchev–Trinajstić information content (AvgIpc) is 1.91. The molecule has 54 valence electrons. The van der Waals surface area contributed by atoms with Crippen LogP contribution >= 0.6 is 0 Å². The van der Waals surface area contributed by atoms with Crippen molar-refractivity contribution >= 4 is 0 Å². The van der Waals surface area contributed by atoms with Crippen molar-refractivity contribution in [3.05, 3.63) is 21.9 Å². The van der Waals surface area contributed by atoms with Gasteiger partial charge < -0.3 is 34.0 Å². The van der Waals surface area contributed by atoms with Crippen molar-refractivity contribution in [1.29, 1.82) is 0 Å². The molecular weight excluding hydrogens is 335 g/mol. The molecule has 0 radical (unpaired) electrons. The summed E-state index contributed by atoms with van der Waals surface area (Å²) in [4.78, 5) is 0. The molecule has 0 aromatic heterocycles. The van der Waals surface area contributed by atoms with E-state index >= 15 is 0 Å². The third kappa shape index (κ3) is 3.69. The summed E-state index contributed by atoms with van der Waals surface area (Å²) in [6, 6.07) is 0. The molecule has 0 aliphatic heterocycles. The van der Waals surface area contributed by atoms with Gasteiger partial charge in [0.2, 0.25) is 0 Å². The molecule has 0 spiro atoms. The summed E-state index contributed by atoms with van der Waals surface area (Å²) >= 11 is 2.91. The number of rotatable bonds is 0. The first-order valence-corrected chi connectivity index (χ1v) is 3.12. The molecule has 0 saturated heterocycles. The maximum absolute atomic E-state index is 2.91. The molecule has 3 heteroatoms. The van der Waals surface area contributed by atoms with Crippen LogP contribution in [-0.4, -0.2) is 0 Å². The summed E-state index contributed by atoms with van der Waals surface area (Å²) in [5.41, 5.74) is 1.40. The number of allylic oxidation sites excluding steroid dienone is 4. The maximum atomic E-state index is 2.91. The first kappa shape index (κ1) is 12.7. The quantitative estimate of drug-likeness (QED) is 0.392. The summed E-state index contributed by atoms with van der Waals surface area (Å²) in [5.74, 6) is 0. The molecule has 0 unspecified atom stereocenters. The summed E-state index contributed by atoms with van der Waals surface area (Å²) in [7, 11) is 0. The zero-order valence-electron chi connectivity index (χ0n) is 4.95. The largest absolute Gasteiger partial charge is 1.00 e. The molecule has 0 amide bonds. The normalized spacial score (nSPS) is 14.9. The van der Waals surface area contributed by atoms with Gasteiger partial charge in [0, 0.05) is 0 Å². The topological polar surface area (TPSA) is 0 Å². The molecule has 0 heterocycles. The third-order valence-corrected chi connectivity index (χ3v) is 2.05. The Hall–Kier alpha value is 1.06. The summed E-state index contributed by atoms with van der Waals surface area (Å²) < 4.78 is 1.40. The van der Waals surface area contributed by atoms with Gasteiger partial charge in [-0.1, -0.05) is 0 Å². The van der Waals surface area contributed by atoms with Crippen molar-refractivity contribution in [2.75, 3.05) is 0 Å². The van der Waals surface area contributed by atoms with Gasteiger partial charge in [0.1, 0.15) is 0 Å². The van der Waals surface area contributed by atoms with Crippen molar-refractivity contribution in [3.63, 3.8) is 0 Å². The third-order valence-electron chi connectivity index (χ3n) is 1.07. The SMILES string of the molecule is CC1=[C]([Rh+2])CC=C1.[Br-].[Br-]. The van der Waals surface area contributed by atoms with Gasteiger partial charge in [0.25, 0.3) is 0 Å². The maximum Gasteiger partial charge on any atom is -1.00 e. The van der Waals surface area contributed by atoms with Crippen LogP contribution in [0.5, 0.6) is 0 Å². The summed E-state index contributed by atoms with van der Waals surface area (Å²) in [6.07, 6.45) is 5.44. The molecule has 0 fully saturated rings. The van der Waals surface area contributed by atoms with Crippen molar-refractivity contribution in [2.45, 2.75) is 13.3 Å². The standard InChI is InChI=1S/C6H7.2BrH.Rh/c1-6-4-2-3-5-6;;;/h2,4H,3H2,1H3;2*1H;/q;;;+2/p-2. The van der Waals surface area contributed by atoms with Crippen LogP contribution in [0.1, 0.15) is 13.3 Å². The Morgan fingerprint density at radius 1 is 1.44 bits per heavy atom. The van der Waals surface area contributed by atoms with Gasteiger partial charge >= 0.3 is 53.5 Å². The molecule has 0 bridgehead atoms. The minimum atomic E-state index is 0. The second-order valence-corrected chi connectivity index (χ2v) is 2.66. The number of hydrogen-bond acceptors (Lipinski definition) is 0. The Morgan fingerprint density at radius 3 is 2.11 bits per heavy atom. The molecule has 0 saturated carbocycles. The minimum absolute atomic E-state index is 0. The van der Waals surface area contributed by atoms with E-state index in [9.17, 15) is 0 Å². The van der Waals surface area contributed by atoms with Crippen molar-refractivity contribution in [1.82, 2.24) is 0 Å². The second-order valence-electron chi connectivity index (χ2n) is 1.67. The smallest absolute Gasteiger partial charge is 1.00 e. The molecule has 0 N–H and O–H groups in total. The fourth-order valence-electron chi connectivity index (χ4n) is 0.582. The van der Waals surface area contributed by atoms with Crippen molar-refractivity contribution in [2.24, 2.45) is 0 Å². The Balaban J connectivity index is 0. The van der Waals surface area contributed by atoms with E-state index in [4.69, 9.17) is 0 Å². The molecule has 0 aromatic rings. The molecule has 1 aliphatic carbocycles. The monoisotopic (exact) mass is 340 g/mol. The van der Waals surface area contributed by atoms with Crippen LogP contribution in [0.3, 0.4) is 0 Å². The Morgan fingerprint density at radius 2 is 2.00 bits per heavy atom. The fourth-order valence-corrected chi connectivity index (χ4v) is 0.911. The van der Waals surface area contributed by atoms with Gasteiger partial charge in [-0.25, -0.2) is 0 Å². The van der Waals surface area contributed by atoms with Gasteiger partial charge in [-0.05, 0) is 0 Å². The first-order valence-electron chi connectivity index (χ1n) is 2.30. The predicted molar refractivity (Wildman–Crippen MR) is 26.5 cm³/mol. The summed E-state index contributed by atoms with van der Waals surface area (Å²) in [6.45, 7) is 2.12. The number of hydrogen-bond donors (Lipinski definition) is 0. The van der Waals surface area contributed by atoms with E-state index in [1.165, 1.54) is 9.74 Å². The molecule has 0 aromatic carbocycles. The van der Waals surface area contributed by atoms with E-state index in [-0.39, 0.29) is 34.0 Å². The Labute approximate surface area is 87.0 Å². The molecule has 0 atom stereocenters. The van der Waals surface area contributed by atoms with Crippen LogP contribution in [0.15, 0.2) is 21.9 Å². The average molecular weight is 342 g/mol. The van der Waals surface area contributed by atoms with Crippen molar-refractivity contribution < 1.29 is 52.3 Å². The van der Waals surface area contributed by atoms with Gasteiger partial charge in [-0.15, -0.1) is 0 Å². The van der Waals surface area contributed by atoms with Crippen LogP contribution in [0.4, 0.5) is 0 Å². The van der Waals surface area contributed by atoms with Crippen LogP contribution < -0.4 is 34.0 Å². The van der Waals surface area contributed by atoms with Crippen LogP contribution in [0.2, 0.25) is 0 Å².